The average molecular weight is 369 g/mol. The van der Waals surface area contributed by atoms with E-state index in [-0.39, 0.29) is 28.5 Å². The molecule has 0 radical (unpaired) electrons. The molecule has 0 aliphatic heterocycles. The number of rotatable bonds is 4. The van der Waals surface area contributed by atoms with Crippen molar-refractivity contribution in [2.45, 2.75) is 12.8 Å². The molecule has 0 atom stereocenters. The number of nitrogens with zero attached hydrogens (tertiary/aromatic N) is 3. The second kappa shape index (κ2) is 6.74. The Bertz CT molecular complexity index is 921. The number of hydrogen-bond donors (Lipinski definition) is 0. The highest BCUT2D eigenvalue weighted by Crippen LogP contribution is 2.37. The second-order valence-corrected chi connectivity index (χ2v) is 5.32. The minimum Gasteiger partial charge on any atom is -0.434 e. The van der Waals surface area contributed by atoms with Crippen LogP contribution in [0.2, 0.25) is 0 Å². The third-order valence-electron chi connectivity index (χ3n) is 3.69. The number of para-hydroxylation sites is 1. The van der Waals surface area contributed by atoms with Crippen LogP contribution in [0, 0.1) is 0 Å². The van der Waals surface area contributed by atoms with Gasteiger partial charge >= 0.3 is 12.8 Å². The maximum atomic E-state index is 13.2. The van der Waals surface area contributed by atoms with Gasteiger partial charge in [0.2, 0.25) is 0 Å². The number of halogens is 5. The van der Waals surface area contributed by atoms with E-state index >= 15 is 0 Å². The molecule has 0 amide bonds. The molecule has 1 heterocycles. The molecule has 0 fully saturated rings. The molecule has 3 aromatic rings. The molecule has 0 aliphatic carbocycles. The predicted molar refractivity (Wildman–Crippen MR) is 83.5 cm³/mol. The zero-order valence-electron chi connectivity index (χ0n) is 13.3. The van der Waals surface area contributed by atoms with Crippen LogP contribution in [-0.2, 0) is 13.2 Å². The number of benzene rings is 2. The van der Waals surface area contributed by atoms with Crippen molar-refractivity contribution in [1.29, 1.82) is 0 Å². The molecular weight excluding hydrogens is 357 g/mol. The zero-order chi connectivity index (χ0) is 18.9. The fraction of sp³-hybridized carbons (Fsp3) is 0.176. The SMILES string of the molecule is Cn1c(-c2ccccc2OC(F)F)nnc1-c1ccccc1C(F)(F)F. The maximum Gasteiger partial charge on any atom is 0.417 e. The fourth-order valence-electron chi connectivity index (χ4n) is 2.57. The molecule has 1 aromatic heterocycles. The largest absolute Gasteiger partial charge is 0.434 e. The van der Waals surface area contributed by atoms with Gasteiger partial charge in [-0.2, -0.15) is 22.0 Å². The Morgan fingerprint density at radius 2 is 1.42 bits per heavy atom. The molecule has 3 rings (SSSR count). The highest BCUT2D eigenvalue weighted by Gasteiger charge is 2.34. The van der Waals surface area contributed by atoms with Crippen molar-refractivity contribution in [1.82, 2.24) is 14.8 Å². The van der Waals surface area contributed by atoms with Crippen LogP contribution in [0.1, 0.15) is 5.56 Å². The Hall–Kier alpha value is -2.97. The van der Waals surface area contributed by atoms with E-state index in [0.717, 1.165) is 6.07 Å². The average Bonchev–Trinajstić information content (AvgIpc) is 2.95. The van der Waals surface area contributed by atoms with Crippen molar-refractivity contribution in [3.63, 3.8) is 0 Å². The van der Waals surface area contributed by atoms with Crippen molar-refractivity contribution in [2.75, 3.05) is 0 Å². The summed E-state index contributed by atoms with van der Waals surface area (Å²) in [5.41, 5.74) is -0.828. The molecule has 0 aliphatic rings. The van der Waals surface area contributed by atoms with Crippen LogP contribution in [0.5, 0.6) is 5.75 Å². The van der Waals surface area contributed by atoms with E-state index in [0.29, 0.717) is 0 Å². The first-order chi connectivity index (χ1) is 12.3. The van der Waals surface area contributed by atoms with Crippen LogP contribution in [-0.4, -0.2) is 21.4 Å². The topological polar surface area (TPSA) is 39.9 Å². The number of aromatic nitrogens is 3. The van der Waals surface area contributed by atoms with Gasteiger partial charge < -0.3 is 9.30 Å². The maximum absolute atomic E-state index is 13.2. The number of alkyl halides is 5. The Morgan fingerprint density at radius 3 is 2.04 bits per heavy atom. The Labute approximate surface area is 144 Å². The lowest BCUT2D eigenvalue weighted by Gasteiger charge is -2.13. The molecule has 9 heteroatoms. The molecule has 0 saturated carbocycles. The molecule has 0 N–H and O–H groups in total. The molecule has 2 aromatic carbocycles. The molecule has 0 saturated heterocycles. The molecule has 136 valence electrons. The number of ether oxygens (including phenoxy) is 1. The molecule has 0 unspecified atom stereocenters. The summed E-state index contributed by atoms with van der Waals surface area (Å²) >= 11 is 0. The number of hydrogen-bond acceptors (Lipinski definition) is 3. The minimum atomic E-state index is -4.57. The Morgan fingerprint density at radius 1 is 0.885 bits per heavy atom. The summed E-state index contributed by atoms with van der Waals surface area (Å²) in [6.07, 6.45) is -4.57. The smallest absolute Gasteiger partial charge is 0.417 e. The lowest BCUT2D eigenvalue weighted by molar-refractivity contribution is -0.137. The van der Waals surface area contributed by atoms with Crippen LogP contribution >= 0.6 is 0 Å². The molecular formula is C17H12F5N3O. The van der Waals surface area contributed by atoms with Crippen LogP contribution in [0.4, 0.5) is 22.0 Å². The van der Waals surface area contributed by atoms with E-state index in [1.54, 1.807) is 6.07 Å². The standard InChI is InChI=1S/C17H12F5N3O/c1-25-14(10-6-2-4-8-12(10)17(20,21)22)23-24-15(25)11-7-3-5-9-13(11)26-16(18)19/h2-9,16H,1H3. The minimum absolute atomic E-state index is 0.0419. The van der Waals surface area contributed by atoms with Gasteiger partial charge in [-0.1, -0.05) is 30.3 Å². The van der Waals surface area contributed by atoms with E-state index in [1.807, 2.05) is 0 Å². The van der Waals surface area contributed by atoms with E-state index in [1.165, 1.54) is 48.0 Å². The van der Waals surface area contributed by atoms with Crippen LogP contribution in [0.15, 0.2) is 48.5 Å². The third-order valence-corrected chi connectivity index (χ3v) is 3.69. The quantitative estimate of drug-likeness (QED) is 0.622. The highest BCUT2D eigenvalue weighted by molar-refractivity contribution is 5.69. The Balaban J connectivity index is 2.12. The summed E-state index contributed by atoms with van der Waals surface area (Å²) in [6, 6.07) is 10.8. The van der Waals surface area contributed by atoms with Gasteiger partial charge in [0.05, 0.1) is 11.1 Å². The first-order valence-corrected chi connectivity index (χ1v) is 7.39. The first-order valence-electron chi connectivity index (χ1n) is 7.39. The van der Waals surface area contributed by atoms with Crippen molar-refractivity contribution in [3.05, 3.63) is 54.1 Å². The van der Waals surface area contributed by atoms with Gasteiger partial charge in [0.25, 0.3) is 0 Å². The molecule has 0 bridgehead atoms. The van der Waals surface area contributed by atoms with E-state index in [9.17, 15) is 22.0 Å². The van der Waals surface area contributed by atoms with Crippen LogP contribution in [0.3, 0.4) is 0 Å². The summed E-state index contributed by atoms with van der Waals surface area (Å²) in [6.45, 7) is -3.05. The van der Waals surface area contributed by atoms with Gasteiger partial charge in [-0.25, -0.2) is 0 Å². The summed E-state index contributed by atoms with van der Waals surface area (Å²) in [4.78, 5) is 0. The third kappa shape index (κ3) is 3.37. The monoisotopic (exact) mass is 369 g/mol. The lowest BCUT2D eigenvalue weighted by atomic mass is 10.1. The van der Waals surface area contributed by atoms with Crippen molar-refractivity contribution >= 4 is 0 Å². The lowest BCUT2D eigenvalue weighted by Crippen LogP contribution is -2.09. The van der Waals surface area contributed by atoms with Crippen LogP contribution in [0.25, 0.3) is 22.8 Å². The highest BCUT2D eigenvalue weighted by atomic mass is 19.4. The van der Waals surface area contributed by atoms with E-state index in [4.69, 9.17) is 0 Å². The van der Waals surface area contributed by atoms with Crippen molar-refractivity contribution < 1.29 is 26.7 Å². The molecule has 0 spiro atoms. The molecule has 4 nitrogen and oxygen atoms in total. The fourth-order valence-corrected chi connectivity index (χ4v) is 2.57. The summed E-state index contributed by atoms with van der Waals surface area (Å²) in [5.74, 6) is -0.0818. The van der Waals surface area contributed by atoms with E-state index < -0.39 is 18.4 Å². The first kappa shape index (κ1) is 17.8. The second-order valence-electron chi connectivity index (χ2n) is 5.32. The van der Waals surface area contributed by atoms with Gasteiger partial charge in [0, 0.05) is 12.6 Å². The van der Waals surface area contributed by atoms with Crippen molar-refractivity contribution in [3.8, 4) is 28.5 Å². The summed E-state index contributed by atoms with van der Waals surface area (Å²) in [7, 11) is 1.46. The van der Waals surface area contributed by atoms with Crippen LogP contribution < -0.4 is 4.74 Å². The van der Waals surface area contributed by atoms with Crippen molar-refractivity contribution in [2.24, 2.45) is 7.05 Å². The normalized spacial score (nSPS) is 11.8. The van der Waals surface area contributed by atoms with Gasteiger partial charge in [0.15, 0.2) is 11.6 Å². The molecule has 26 heavy (non-hydrogen) atoms. The zero-order valence-corrected chi connectivity index (χ0v) is 13.3. The van der Waals surface area contributed by atoms with Gasteiger partial charge in [-0.3, -0.25) is 0 Å². The van der Waals surface area contributed by atoms with Gasteiger partial charge in [-0.15, -0.1) is 10.2 Å². The van der Waals surface area contributed by atoms with E-state index in [2.05, 4.69) is 14.9 Å². The van der Waals surface area contributed by atoms with Gasteiger partial charge in [0.1, 0.15) is 5.75 Å². The summed E-state index contributed by atoms with van der Waals surface area (Å²) in [5, 5.41) is 7.70. The summed E-state index contributed by atoms with van der Waals surface area (Å²) < 4.78 is 70.6. The predicted octanol–water partition coefficient (Wildman–Crippen LogP) is 4.77. The van der Waals surface area contributed by atoms with Gasteiger partial charge in [-0.05, 0) is 18.2 Å². The Kier molecular flexibility index (Phi) is 4.62.